The van der Waals surface area contributed by atoms with E-state index in [1.165, 1.54) is 13.2 Å². The predicted molar refractivity (Wildman–Crippen MR) is 273 cm³/mol. The van der Waals surface area contributed by atoms with Crippen LogP contribution in [-0.2, 0) is 58.9 Å². The van der Waals surface area contributed by atoms with Gasteiger partial charge in [0.15, 0.2) is 17.3 Å². The summed E-state index contributed by atoms with van der Waals surface area (Å²) in [5, 5.41) is 0. The molecule has 8 aliphatic rings. The molecule has 0 heterocycles. The van der Waals surface area contributed by atoms with Crippen molar-refractivity contribution in [2.24, 2.45) is 64.1 Å². The second-order valence-electron chi connectivity index (χ2n) is 25.0. The molecule has 0 saturated heterocycles. The first kappa shape index (κ1) is 57.9. The fraction of sp³-hybridized carbons (Fsp3) is 0.907. The minimum absolute atomic E-state index is 0.00112. The average molecular weight is 1070 g/mol. The van der Waals surface area contributed by atoms with Gasteiger partial charge in [-0.2, -0.15) is 25.3 Å². The maximum absolute atomic E-state index is 15.2. The molecule has 0 amide bonds. The summed E-state index contributed by atoms with van der Waals surface area (Å²) in [6.45, 7) is 9.65. The number of Topliss-reactive ketones (excluding diaryl/α,β-unsaturated/α-hetero) is 3. The van der Waals surface area contributed by atoms with E-state index in [1.54, 1.807) is 13.0 Å². The Labute approximate surface area is 431 Å². The van der Waals surface area contributed by atoms with E-state index < -0.39 is 80.4 Å². The SMILES string of the molecule is CCOC(CCC12CC3CC(C1)C(CC(=O)C(CCC1CCC(/C=C/OC(CC)(C(=O)C4CCCC4)S(=O)(=O)O)CC1)(OC1CCC(C(C)(C)C)CC1)S(=O)(=O)O)C(C3)C2)(C(=O)C1CCCCC1)S(=O)(=O)O. The van der Waals surface area contributed by atoms with Crippen molar-refractivity contribution < 1.29 is 67.5 Å². The van der Waals surface area contributed by atoms with Crippen molar-refractivity contribution in [3.8, 4) is 0 Å². The normalized spacial score (nSPS) is 33.6. The molecule has 72 heavy (non-hydrogen) atoms. The molecule has 0 spiro atoms. The topological polar surface area (TPSA) is 242 Å². The molecule has 0 aliphatic heterocycles. The smallest absolute Gasteiger partial charge is 0.313 e. The highest BCUT2D eigenvalue weighted by molar-refractivity contribution is 7.88. The highest BCUT2D eigenvalue weighted by atomic mass is 32.2. The van der Waals surface area contributed by atoms with Gasteiger partial charge < -0.3 is 14.2 Å². The van der Waals surface area contributed by atoms with Gasteiger partial charge in [0.05, 0.1) is 12.4 Å². The number of ether oxygens (including phenoxy) is 3. The first-order valence-electron chi connectivity index (χ1n) is 27.9. The highest BCUT2D eigenvalue weighted by Crippen LogP contribution is 2.65. The maximum atomic E-state index is 15.2. The van der Waals surface area contributed by atoms with Crippen molar-refractivity contribution in [3.05, 3.63) is 12.3 Å². The lowest BCUT2D eigenvalue weighted by atomic mass is 9.44. The van der Waals surface area contributed by atoms with E-state index in [0.717, 1.165) is 64.2 Å². The number of ketones is 3. The number of carbonyl (C=O) groups is 3. The third-order valence-corrected chi connectivity index (χ3v) is 23.7. The molecule has 5 atom stereocenters. The molecule has 0 radical (unpaired) electrons. The monoisotopic (exact) mass is 1070 g/mol. The zero-order chi connectivity index (χ0) is 52.5. The molecule has 5 unspecified atom stereocenters. The van der Waals surface area contributed by atoms with Crippen molar-refractivity contribution in [1.29, 1.82) is 0 Å². The van der Waals surface area contributed by atoms with E-state index in [0.29, 0.717) is 102 Å². The molecule has 18 heteroatoms. The summed E-state index contributed by atoms with van der Waals surface area (Å²) in [6, 6.07) is 0. The molecule has 8 fully saturated rings. The number of rotatable bonds is 24. The average Bonchev–Trinajstić information content (AvgIpc) is 3.86. The van der Waals surface area contributed by atoms with Gasteiger partial charge in [0.1, 0.15) is 0 Å². The Morgan fingerprint density at radius 1 is 0.639 bits per heavy atom. The first-order valence-corrected chi connectivity index (χ1v) is 32.2. The molecule has 15 nitrogen and oxygen atoms in total. The molecule has 4 bridgehead atoms. The van der Waals surface area contributed by atoms with Crippen LogP contribution in [0, 0.1) is 64.1 Å². The lowest BCUT2D eigenvalue weighted by molar-refractivity contribution is -0.154. The van der Waals surface area contributed by atoms with Crippen LogP contribution in [0.3, 0.4) is 0 Å². The minimum Gasteiger partial charge on any atom is -0.469 e. The third kappa shape index (κ3) is 12.2. The summed E-state index contributed by atoms with van der Waals surface area (Å²) in [5.74, 6) is -2.20. The van der Waals surface area contributed by atoms with Crippen molar-refractivity contribution in [3.63, 3.8) is 0 Å². The quantitative estimate of drug-likeness (QED) is 0.0601. The molecule has 412 valence electrons. The van der Waals surface area contributed by atoms with Crippen molar-refractivity contribution in [2.75, 3.05) is 6.61 Å². The lowest BCUT2D eigenvalue weighted by Crippen LogP contribution is -2.56. The Morgan fingerprint density at radius 2 is 1.17 bits per heavy atom. The molecule has 0 aromatic carbocycles. The number of hydrogen-bond acceptors (Lipinski definition) is 12. The zero-order valence-corrected chi connectivity index (χ0v) is 46.3. The molecule has 8 saturated carbocycles. The van der Waals surface area contributed by atoms with Crippen LogP contribution in [0.2, 0.25) is 0 Å². The van der Waals surface area contributed by atoms with E-state index in [-0.39, 0.29) is 72.7 Å². The summed E-state index contributed by atoms with van der Waals surface area (Å²) >= 11 is 0. The van der Waals surface area contributed by atoms with Crippen LogP contribution in [0.5, 0.6) is 0 Å². The van der Waals surface area contributed by atoms with Crippen molar-refractivity contribution >= 4 is 47.7 Å². The van der Waals surface area contributed by atoms with Crippen LogP contribution in [0.25, 0.3) is 0 Å². The minimum atomic E-state index is -5.11. The number of hydrogen-bond donors (Lipinski definition) is 3. The molecular formula is C54H88O15S3. The van der Waals surface area contributed by atoms with Gasteiger partial charge in [-0.25, -0.2) is 0 Å². The molecule has 0 aromatic rings. The summed E-state index contributed by atoms with van der Waals surface area (Å²) in [4.78, 5) is 35.6. The van der Waals surface area contributed by atoms with Gasteiger partial charge in [0.25, 0.3) is 14.8 Å². The van der Waals surface area contributed by atoms with E-state index >= 15 is 4.79 Å². The Kier molecular flexibility index (Phi) is 18.2. The van der Waals surface area contributed by atoms with Crippen LogP contribution in [0.4, 0.5) is 0 Å². The largest absolute Gasteiger partial charge is 0.469 e. The predicted octanol–water partition coefficient (Wildman–Crippen LogP) is 11.0. The maximum Gasteiger partial charge on any atom is 0.313 e. The van der Waals surface area contributed by atoms with E-state index in [9.17, 15) is 48.5 Å². The Morgan fingerprint density at radius 3 is 1.67 bits per heavy atom. The molecule has 8 aliphatic carbocycles. The summed E-state index contributed by atoms with van der Waals surface area (Å²) in [6.07, 6.45) is 18.1. The summed E-state index contributed by atoms with van der Waals surface area (Å²) in [7, 11) is -14.9. The number of allylic oxidation sites excluding steroid dienone is 1. The fourth-order valence-corrected chi connectivity index (χ4v) is 18.7. The van der Waals surface area contributed by atoms with Crippen molar-refractivity contribution in [1.82, 2.24) is 0 Å². The van der Waals surface area contributed by atoms with Gasteiger partial charge in [-0.05, 0) is 187 Å². The first-order chi connectivity index (χ1) is 33.7. The van der Waals surface area contributed by atoms with Gasteiger partial charge in [-0.3, -0.25) is 28.0 Å². The third-order valence-electron chi connectivity index (χ3n) is 19.6. The van der Waals surface area contributed by atoms with Crippen LogP contribution in [-0.4, -0.2) is 83.8 Å². The van der Waals surface area contributed by atoms with E-state index in [4.69, 9.17) is 14.2 Å². The van der Waals surface area contributed by atoms with Gasteiger partial charge in [-0.15, -0.1) is 0 Å². The zero-order valence-electron chi connectivity index (χ0n) is 43.9. The van der Waals surface area contributed by atoms with E-state index in [2.05, 4.69) is 20.8 Å². The molecular weight excluding hydrogens is 985 g/mol. The van der Waals surface area contributed by atoms with Crippen LogP contribution in [0.15, 0.2) is 12.3 Å². The summed E-state index contributed by atoms with van der Waals surface area (Å²) in [5.41, 5.74) is -0.288. The van der Waals surface area contributed by atoms with E-state index in [1.807, 2.05) is 0 Å². The second-order valence-corrected chi connectivity index (χ2v) is 29.8. The second kappa shape index (κ2) is 22.7. The Bertz CT molecular complexity index is 2260. The van der Waals surface area contributed by atoms with Crippen LogP contribution < -0.4 is 0 Å². The van der Waals surface area contributed by atoms with Crippen LogP contribution in [0.1, 0.15) is 214 Å². The fourth-order valence-electron chi connectivity index (χ4n) is 15.7. The molecule has 8 rings (SSSR count). The van der Waals surface area contributed by atoms with Gasteiger partial charge in [-0.1, -0.05) is 59.8 Å². The lowest BCUT2D eigenvalue weighted by Gasteiger charge is -2.61. The van der Waals surface area contributed by atoms with Crippen LogP contribution >= 0.6 is 0 Å². The van der Waals surface area contributed by atoms with Gasteiger partial charge in [0.2, 0.25) is 0 Å². The highest BCUT2D eigenvalue weighted by Gasteiger charge is 2.61. The standard InChI is InChI=1S/C54H88O15S3/c1-6-52(70(58,59)60,48(56)40-15-11-12-16-40)68-30-26-38-19-17-37(18-20-38)25-27-53(71(61,62)63,69-45-23-21-44(22-24-45)50(3,4)5)47(55)33-46-42-31-39-32-43(46)36-51(34-39,35-42)28-29-54(67-7-2,72(64,65)66)49(57)41-13-9-8-10-14-41/h26,30,37-46H,6-25,27-29,31-36H2,1-5H3,(H,58,59,60)(H,61,62,63)(H,64,65,66)/b30-26+. The Balaban J connectivity index is 1.05. The number of carbonyl (C=O) groups excluding carboxylic acids is 3. The molecule has 3 N–H and O–H groups in total. The Hall–Kier alpha value is -1.80. The van der Waals surface area contributed by atoms with Gasteiger partial charge in [0, 0.05) is 44.1 Å². The van der Waals surface area contributed by atoms with Crippen molar-refractivity contribution in [2.45, 2.75) is 235 Å². The molecule has 0 aromatic heterocycles. The van der Waals surface area contributed by atoms with Gasteiger partial charge >= 0.3 is 30.4 Å². The summed E-state index contributed by atoms with van der Waals surface area (Å²) < 4.78 is 130.